The van der Waals surface area contributed by atoms with Gasteiger partial charge in [0, 0.05) is 23.9 Å². The number of benzene rings is 1. The third-order valence-electron chi connectivity index (χ3n) is 5.37. The number of aryl methyl sites for hydroxylation is 2. The zero-order chi connectivity index (χ0) is 20.3. The Bertz CT molecular complexity index is 962. The van der Waals surface area contributed by atoms with Gasteiger partial charge in [0.25, 0.3) is 5.78 Å². The first-order valence-corrected chi connectivity index (χ1v) is 9.78. The molecule has 2 heterocycles. The van der Waals surface area contributed by atoms with Gasteiger partial charge in [-0.05, 0) is 50.2 Å². The van der Waals surface area contributed by atoms with Gasteiger partial charge in [0.15, 0.2) is 0 Å². The lowest BCUT2D eigenvalue weighted by atomic mass is 9.79. The number of aromatic nitrogens is 4. The maximum atomic E-state index is 12.5. The van der Waals surface area contributed by atoms with Crippen LogP contribution < -0.4 is 5.32 Å². The van der Waals surface area contributed by atoms with E-state index in [0.717, 1.165) is 23.4 Å². The zero-order valence-electron chi connectivity index (χ0n) is 17.4. The van der Waals surface area contributed by atoms with Crippen LogP contribution in [0.4, 0.5) is 0 Å². The maximum absolute atomic E-state index is 12.5. The molecule has 148 valence electrons. The number of amides is 1. The number of hydrogen-bond acceptors (Lipinski definition) is 4. The molecule has 1 unspecified atom stereocenters. The Labute approximate surface area is 166 Å². The topological polar surface area (TPSA) is 72.2 Å². The molecule has 2 aromatic heterocycles. The van der Waals surface area contributed by atoms with Gasteiger partial charge in [-0.3, -0.25) is 4.79 Å². The van der Waals surface area contributed by atoms with Crippen LogP contribution in [0.1, 0.15) is 56.1 Å². The van der Waals surface area contributed by atoms with Crippen LogP contribution >= 0.6 is 0 Å². The van der Waals surface area contributed by atoms with Crippen LogP contribution in [0, 0.1) is 13.8 Å². The molecule has 0 radical (unpaired) electrons. The average molecular weight is 380 g/mol. The summed E-state index contributed by atoms with van der Waals surface area (Å²) in [6, 6.07) is 10.5. The number of carbonyl (C=O) groups excluding carboxylic acids is 1. The summed E-state index contributed by atoms with van der Waals surface area (Å²) >= 11 is 0. The van der Waals surface area contributed by atoms with E-state index in [1.807, 2.05) is 19.9 Å². The smallest absolute Gasteiger partial charge is 0.252 e. The van der Waals surface area contributed by atoms with Crippen molar-refractivity contribution in [3.63, 3.8) is 0 Å². The fraction of sp³-hybridized carbons (Fsp3) is 0.455. The number of fused-ring (bicyclic) bond motifs is 1. The molecule has 0 fully saturated rings. The third-order valence-corrected chi connectivity index (χ3v) is 5.37. The van der Waals surface area contributed by atoms with Gasteiger partial charge in [-0.2, -0.15) is 10.1 Å². The first kappa shape index (κ1) is 20.0. The SMILES string of the molecule is Cc1nc2ncnn2c(C)c1CCC(=O)NC(C)CC(C)(C)c1ccccc1. The lowest BCUT2D eigenvalue weighted by Gasteiger charge is -2.29. The highest BCUT2D eigenvalue weighted by atomic mass is 16.1. The summed E-state index contributed by atoms with van der Waals surface area (Å²) in [5.74, 6) is 0.661. The molecule has 0 spiro atoms. The number of nitrogens with one attached hydrogen (secondary N) is 1. The van der Waals surface area contributed by atoms with E-state index in [9.17, 15) is 4.79 Å². The highest BCUT2D eigenvalue weighted by molar-refractivity contribution is 5.76. The number of nitrogens with zero attached hydrogens (tertiary/aromatic N) is 4. The normalized spacial score (nSPS) is 12.9. The lowest BCUT2D eigenvalue weighted by Crippen LogP contribution is -2.37. The van der Waals surface area contributed by atoms with Gasteiger partial charge in [0.1, 0.15) is 6.33 Å². The van der Waals surface area contributed by atoms with Crippen LogP contribution in [0.5, 0.6) is 0 Å². The third kappa shape index (κ3) is 4.38. The van der Waals surface area contributed by atoms with E-state index in [2.05, 4.69) is 65.4 Å². The summed E-state index contributed by atoms with van der Waals surface area (Å²) in [5, 5.41) is 7.36. The molecule has 3 aromatic rings. The Morgan fingerprint density at radius 2 is 1.93 bits per heavy atom. The van der Waals surface area contributed by atoms with Crippen molar-refractivity contribution in [2.75, 3.05) is 0 Å². The number of rotatable bonds is 7. The Balaban J connectivity index is 1.59. The van der Waals surface area contributed by atoms with E-state index in [1.54, 1.807) is 4.52 Å². The van der Waals surface area contributed by atoms with Gasteiger partial charge in [-0.1, -0.05) is 44.2 Å². The molecule has 28 heavy (non-hydrogen) atoms. The molecule has 0 aliphatic heterocycles. The van der Waals surface area contributed by atoms with Crippen molar-refractivity contribution in [2.24, 2.45) is 0 Å². The Morgan fingerprint density at radius 1 is 1.21 bits per heavy atom. The second-order valence-corrected chi connectivity index (χ2v) is 8.16. The summed E-state index contributed by atoms with van der Waals surface area (Å²) < 4.78 is 1.73. The van der Waals surface area contributed by atoms with Crippen molar-refractivity contribution in [1.29, 1.82) is 0 Å². The fourth-order valence-corrected chi connectivity index (χ4v) is 3.93. The average Bonchev–Trinajstić information content (AvgIpc) is 3.10. The maximum Gasteiger partial charge on any atom is 0.252 e. The van der Waals surface area contributed by atoms with Gasteiger partial charge in [0.2, 0.25) is 5.91 Å². The fourth-order valence-electron chi connectivity index (χ4n) is 3.93. The van der Waals surface area contributed by atoms with Gasteiger partial charge in [0.05, 0.1) is 0 Å². The molecule has 0 aliphatic carbocycles. The molecule has 1 amide bonds. The summed E-state index contributed by atoms with van der Waals surface area (Å²) in [6.07, 6.45) is 3.45. The summed E-state index contributed by atoms with van der Waals surface area (Å²) in [5.41, 5.74) is 4.25. The molecule has 0 saturated heterocycles. The van der Waals surface area contributed by atoms with Crippen LogP contribution in [-0.2, 0) is 16.6 Å². The van der Waals surface area contributed by atoms with E-state index in [4.69, 9.17) is 0 Å². The highest BCUT2D eigenvalue weighted by Gasteiger charge is 2.24. The molecule has 0 aliphatic rings. The monoisotopic (exact) mass is 379 g/mol. The van der Waals surface area contributed by atoms with Crippen molar-refractivity contribution >= 4 is 11.7 Å². The van der Waals surface area contributed by atoms with Crippen molar-refractivity contribution in [3.8, 4) is 0 Å². The molecule has 1 atom stereocenters. The minimum Gasteiger partial charge on any atom is -0.354 e. The Kier molecular flexibility index (Phi) is 5.77. The van der Waals surface area contributed by atoms with E-state index >= 15 is 0 Å². The largest absolute Gasteiger partial charge is 0.354 e. The molecule has 1 N–H and O–H groups in total. The molecule has 1 aromatic carbocycles. The van der Waals surface area contributed by atoms with Gasteiger partial charge >= 0.3 is 0 Å². The van der Waals surface area contributed by atoms with E-state index < -0.39 is 0 Å². The van der Waals surface area contributed by atoms with Crippen LogP contribution in [0.2, 0.25) is 0 Å². The van der Waals surface area contributed by atoms with Crippen LogP contribution in [-0.4, -0.2) is 31.5 Å². The molecule has 0 bridgehead atoms. The minimum absolute atomic E-state index is 0.00316. The molecular formula is C22H29N5O. The van der Waals surface area contributed by atoms with Crippen molar-refractivity contribution in [3.05, 3.63) is 59.2 Å². The van der Waals surface area contributed by atoms with Crippen LogP contribution in [0.3, 0.4) is 0 Å². The predicted molar refractivity (Wildman–Crippen MR) is 110 cm³/mol. The standard InChI is InChI=1S/C22H29N5O/c1-15(13-22(4,5)18-9-7-6-8-10-18)25-20(28)12-11-19-16(2)26-21-23-14-24-27(21)17(19)3/h6-10,14-15H,11-13H2,1-5H3,(H,25,28). The van der Waals surface area contributed by atoms with Crippen LogP contribution in [0.15, 0.2) is 36.7 Å². The van der Waals surface area contributed by atoms with E-state index in [-0.39, 0.29) is 17.4 Å². The second kappa shape index (κ2) is 8.09. The summed E-state index contributed by atoms with van der Waals surface area (Å²) in [6.45, 7) is 10.5. The zero-order valence-corrected chi connectivity index (χ0v) is 17.4. The molecule has 3 rings (SSSR count). The Morgan fingerprint density at radius 3 is 2.64 bits per heavy atom. The summed E-state index contributed by atoms with van der Waals surface area (Å²) in [7, 11) is 0. The number of hydrogen-bond donors (Lipinski definition) is 1. The van der Waals surface area contributed by atoms with Crippen molar-refractivity contribution < 1.29 is 4.79 Å². The summed E-state index contributed by atoms with van der Waals surface area (Å²) in [4.78, 5) is 21.1. The van der Waals surface area contributed by atoms with Gasteiger partial charge in [-0.15, -0.1) is 0 Å². The predicted octanol–water partition coefficient (Wildman–Crippen LogP) is 3.55. The molecular weight excluding hydrogens is 350 g/mol. The van der Waals surface area contributed by atoms with Crippen LogP contribution in [0.25, 0.3) is 5.78 Å². The molecule has 6 heteroatoms. The van der Waals surface area contributed by atoms with E-state index in [1.165, 1.54) is 11.9 Å². The first-order chi connectivity index (χ1) is 13.3. The lowest BCUT2D eigenvalue weighted by molar-refractivity contribution is -0.121. The first-order valence-electron chi connectivity index (χ1n) is 9.78. The Hall–Kier alpha value is -2.76. The highest BCUT2D eigenvalue weighted by Crippen LogP contribution is 2.28. The quantitative estimate of drug-likeness (QED) is 0.681. The number of carbonyl (C=O) groups is 1. The van der Waals surface area contributed by atoms with Gasteiger partial charge < -0.3 is 5.32 Å². The van der Waals surface area contributed by atoms with Gasteiger partial charge in [-0.25, -0.2) is 9.50 Å². The minimum atomic E-state index is 0.00316. The van der Waals surface area contributed by atoms with E-state index in [0.29, 0.717) is 18.6 Å². The second-order valence-electron chi connectivity index (χ2n) is 8.16. The molecule has 0 saturated carbocycles. The van der Waals surface area contributed by atoms with Crippen molar-refractivity contribution in [1.82, 2.24) is 24.9 Å². The van der Waals surface area contributed by atoms with Crippen molar-refractivity contribution in [2.45, 2.75) is 65.3 Å². The molecule has 6 nitrogen and oxygen atoms in total.